The zero-order valence-corrected chi connectivity index (χ0v) is 10.7. The van der Waals surface area contributed by atoms with Gasteiger partial charge < -0.3 is 4.52 Å². The number of nitrogens with zero attached hydrogens (tertiary/aromatic N) is 4. The minimum atomic E-state index is 0.497. The summed E-state index contributed by atoms with van der Waals surface area (Å²) in [6.45, 7) is 3.85. The lowest BCUT2D eigenvalue weighted by molar-refractivity contribution is 0.432. The van der Waals surface area contributed by atoms with Gasteiger partial charge in [0.1, 0.15) is 5.82 Å². The van der Waals surface area contributed by atoms with Crippen LogP contribution in [-0.4, -0.2) is 20.1 Å². The first-order valence-corrected chi connectivity index (χ1v) is 5.92. The maximum absolute atomic E-state index is 5.27. The van der Waals surface area contributed by atoms with E-state index in [1.807, 2.05) is 38.1 Å². The predicted molar refractivity (Wildman–Crippen MR) is 70.2 cm³/mol. The Kier molecular flexibility index (Phi) is 2.79. The van der Waals surface area contributed by atoms with Gasteiger partial charge in [0.05, 0.1) is 5.56 Å². The Hall–Kier alpha value is -2.56. The fraction of sp³-hybridized carbons (Fsp3) is 0.143. The highest BCUT2D eigenvalue weighted by molar-refractivity contribution is 5.58. The second-order valence-corrected chi connectivity index (χ2v) is 4.31. The topological polar surface area (TPSA) is 64.7 Å². The smallest absolute Gasteiger partial charge is 0.258 e. The standard InChI is InChI=1S/C14H12N4O/c1-9-4-3-5-11(6-9)14-17-13(18-19-14)12-7-15-10(2)16-8-12/h3-8H,1-2H3. The van der Waals surface area contributed by atoms with E-state index in [1.54, 1.807) is 12.4 Å². The molecule has 0 radical (unpaired) electrons. The highest BCUT2D eigenvalue weighted by Crippen LogP contribution is 2.21. The Labute approximate surface area is 110 Å². The molecular formula is C14H12N4O. The van der Waals surface area contributed by atoms with E-state index in [-0.39, 0.29) is 0 Å². The van der Waals surface area contributed by atoms with Crippen molar-refractivity contribution in [1.82, 2.24) is 20.1 Å². The molecule has 0 bridgehead atoms. The van der Waals surface area contributed by atoms with Crippen LogP contribution in [0, 0.1) is 13.8 Å². The molecule has 0 aliphatic rings. The lowest BCUT2D eigenvalue weighted by Gasteiger charge is -1.95. The van der Waals surface area contributed by atoms with Gasteiger partial charge in [0, 0.05) is 18.0 Å². The molecule has 0 amide bonds. The van der Waals surface area contributed by atoms with Crippen molar-refractivity contribution in [3.63, 3.8) is 0 Å². The third kappa shape index (κ3) is 2.35. The van der Waals surface area contributed by atoms with Crippen molar-refractivity contribution >= 4 is 0 Å². The molecule has 0 N–H and O–H groups in total. The summed E-state index contributed by atoms with van der Waals surface area (Å²) in [6, 6.07) is 7.93. The van der Waals surface area contributed by atoms with Crippen LogP contribution in [0.5, 0.6) is 0 Å². The number of hydrogen-bond acceptors (Lipinski definition) is 5. The Morgan fingerprint density at radius 1 is 1.00 bits per heavy atom. The minimum absolute atomic E-state index is 0.497. The Morgan fingerprint density at radius 3 is 2.53 bits per heavy atom. The Bertz CT molecular complexity index is 703. The summed E-state index contributed by atoms with van der Waals surface area (Å²) >= 11 is 0. The van der Waals surface area contributed by atoms with Gasteiger partial charge in [-0.3, -0.25) is 0 Å². The van der Waals surface area contributed by atoms with Crippen LogP contribution in [0.1, 0.15) is 11.4 Å². The van der Waals surface area contributed by atoms with Crippen LogP contribution >= 0.6 is 0 Å². The lowest BCUT2D eigenvalue weighted by atomic mass is 10.1. The molecule has 0 saturated carbocycles. The first-order chi connectivity index (χ1) is 9.22. The van der Waals surface area contributed by atoms with E-state index in [1.165, 1.54) is 0 Å². The fourth-order valence-corrected chi connectivity index (χ4v) is 1.74. The highest BCUT2D eigenvalue weighted by Gasteiger charge is 2.11. The van der Waals surface area contributed by atoms with Gasteiger partial charge in [0.2, 0.25) is 5.82 Å². The normalized spacial score (nSPS) is 10.6. The minimum Gasteiger partial charge on any atom is -0.334 e. The SMILES string of the molecule is Cc1cccc(-c2nc(-c3cnc(C)nc3)no2)c1. The van der Waals surface area contributed by atoms with Crippen LogP contribution < -0.4 is 0 Å². The van der Waals surface area contributed by atoms with E-state index >= 15 is 0 Å². The molecular weight excluding hydrogens is 240 g/mol. The molecule has 0 saturated heterocycles. The molecule has 0 spiro atoms. The third-order valence-corrected chi connectivity index (χ3v) is 2.73. The van der Waals surface area contributed by atoms with E-state index in [0.717, 1.165) is 16.7 Å². The molecule has 19 heavy (non-hydrogen) atoms. The van der Waals surface area contributed by atoms with Gasteiger partial charge in [-0.2, -0.15) is 4.98 Å². The van der Waals surface area contributed by atoms with E-state index in [4.69, 9.17) is 4.52 Å². The second-order valence-electron chi connectivity index (χ2n) is 4.31. The van der Waals surface area contributed by atoms with Crippen molar-refractivity contribution in [2.45, 2.75) is 13.8 Å². The third-order valence-electron chi connectivity index (χ3n) is 2.73. The van der Waals surface area contributed by atoms with Crippen LogP contribution in [0.15, 0.2) is 41.2 Å². The van der Waals surface area contributed by atoms with E-state index < -0.39 is 0 Å². The van der Waals surface area contributed by atoms with Crippen LogP contribution in [0.4, 0.5) is 0 Å². The van der Waals surface area contributed by atoms with Gasteiger partial charge in [-0.25, -0.2) is 9.97 Å². The summed E-state index contributed by atoms with van der Waals surface area (Å²) in [5.74, 6) is 1.71. The van der Waals surface area contributed by atoms with Gasteiger partial charge >= 0.3 is 0 Å². The van der Waals surface area contributed by atoms with Crippen molar-refractivity contribution in [3.8, 4) is 22.8 Å². The summed E-state index contributed by atoms with van der Waals surface area (Å²) in [7, 11) is 0. The average molecular weight is 252 g/mol. The van der Waals surface area contributed by atoms with Gasteiger partial charge in [0.15, 0.2) is 0 Å². The summed E-state index contributed by atoms with van der Waals surface area (Å²) in [5.41, 5.74) is 2.80. The zero-order valence-electron chi connectivity index (χ0n) is 10.7. The number of rotatable bonds is 2. The molecule has 0 aliphatic heterocycles. The molecule has 5 nitrogen and oxygen atoms in total. The Morgan fingerprint density at radius 2 is 1.79 bits per heavy atom. The molecule has 2 aromatic heterocycles. The fourth-order valence-electron chi connectivity index (χ4n) is 1.74. The van der Waals surface area contributed by atoms with Crippen LogP contribution in [-0.2, 0) is 0 Å². The zero-order chi connectivity index (χ0) is 13.2. The van der Waals surface area contributed by atoms with E-state index in [9.17, 15) is 0 Å². The summed E-state index contributed by atoms with van der Waals surface area (Å²) in [6.07, 6.45) is 3.38. The Balaban J connectivity index is 1.97. The first kappa shape index (κ1) is 11.5. The molecule has 3 rings (SSSR count). The van der Waals surface area contributed by atoms with Gasteiger partial charge in [-0.15, -0.1) is 0 Å². The average Bonchev–Trinajstić information content (AvgIpc) is 2.89. The molecule has 1 aromatic carbocycles. The van der Waals surface area contributed by atoms with Gasteiger partial charge in [0.25, 0.3) is 5.89 Å². The van der Waals surface area contributed by atoms with Crippen molar-refractivity contribution in [1.29, 1.82) is 0 Å². The molecule has 0 aliphatic carbocycles. The molecule has 5 heteroatoms. The number of benzene rings is 1. The van der Waals surface area contributed by atoms with Crippen LogP contribution in [0.25, 0.3) is 22.8 Å². The molecule has 0 fully saturated rings. The number of hydrogen-bond donors (Lipinski definition) is 0. The molecule has 0 unspecified atom stereocenters. The van der Waals surface area contributed by atoms with Crippen LogP contribution in [0.2, 0.25) is 0 Å². The molecule has 3 aromatic rings. The van der Waals surface area contributed by atoms with Gasteiger partial charge in [-0.05, 0) is 26.0 Å². The summed E-state index contributed by atoms with van der Waals surface area (Å²) in [5, 5.41) is 3.96. The molecule has 2 heterocycles. The summed E-state index contributed by atoms with van der Waals surface area (Å²) in [4.78, 5) is 12.6. The second kappa shape index (κ2) is 4.61. The maximum atomic E-state index is 5.27. The van der Waals surface area contributed by atoms with Gasteiger partial charge in [-0.1, -0.05) is 22.9 Å². The van der Waals surface area contributed by atoms with Crippen molar-refractivity contribution in [3.05, 3.63) is 48.0 Å². The molecule has 94 valence electrons. The highest BCUT2D eigenvalue weighted by atomic mass is 16.5. The predicted octanol–water partition coefficient (Wildman–Crippen LogP) is 2.81. The lowest BCUT2D eigenvalue weighted by Crippen LogP contribution is -1.88. The number of aryl methyl sites for hydroxylation is 2. The van der Waals surface area contributed by atoms with E-state index in [0.29, 0.717) is 17.5 Å². The summed E-state index contributed by atoms with van der Waals surface area (Å²) < 4.78 is 5.27. The van der Waals surface area contributed by atoms with Crippen LogP contribution in [0.3, 0.4) is 0 Å². The first-order valence-electron chi connectivity index (χ1n) is 5.92. The van der Waals surface area contributed by atoms with Crippen molar-refractivity contribution in [2.24, 2.45) is 0 Å². The molecule has 0 atom stereocenters. The van der Waals surface area contributed by atoms with Crippen molar-refractivity contribution in [2.75, 3.05) is 0 Å². The van der Waals surface area contributed by atoms with Crippen molar-refractivity contribution < 1.29 is 4.52 Å². The number of aromatic nitrogens is 4. The van der Waals surface area contributed by atoms with E-state index in [2.05, 4.69) is 20.1 Å². The maximum Gasteiger partial charge on any atom is 0.258 e. The largest absolute Gasteiger partial charge is 0.334 e. The quantitative estimate of drug-likeness (QED) is 0.701. The monoisotopic (exact) mass is 252 g/mol.